The molecule has 1 radical (unpaired) electrons. The van der Waals surface area contributed by atoms with Gasteiger partial charge in [0.1, 0.15) is 0 Å². The van der Waals surface area contributed by atoms with Crippen molar-refractivity contribution < 1.29 is 0 Å². The first-order chi connectivity index (χ1) is 5.88. The van der Waals surface area contributed by atoms with E-state index in [0.29, 0.717) is 0 Å². The van der Waals surface area contributed by atoms with Gasteiger partial charge in [0.05, 0.1) is 0 Å². The smallest absolute Gasteiger partial charge is 0.0170 e. The molecule has 1 aliphatic carbocycles. The van der Waals surface area contributed by atoms with Crippen molar-refractivity contribution >= 4 is 0 Å². The monoisotopic (exact) mass is 163 g/mol. The molecule has 1 fully saturated rings. The van der Waals surface area contributed by atoms with E-state index in [2.05, 4.69) is 19.2 Å². The molecule has 12 heavy (non-hydrogen) atoms. The minimum absolute atomic E-state index is 0.814. The third-order valence-corrected chi connectivity index (χ3v) is 2.74. The summed E-state index contributed by atoms with van der Waals surface area (Å²) in [7, 11) is 0. The van der Waals surface area contributed by atoms with Crippen LogP contribution in [0.15, 0.2) is 25.3 Å². The van der Waals surface area contributed by atoms with Crippen LogP contribution in [-0.4, -0.2) is 0 Å². The highest BCUT2D eigenvalue weighted by Crippen LogP contribution is 2.36. The van der Waals surface area contributed by atoms with Crippen molar-refractivity contribution in [2.75, 3.05) is 0 Å². The maximum absolute atomic E-state index is 3.81. The van der Waals surface area contributed by atoms with Crippen LogP contribution in [0.25, 0.3) is 0 Å². The highest BCUT2D eigenvalue weighted by Gasteiger charge is 2.22. The van der Waals surface area contributed by atoms with Gasteiger partial charge in [-0.05, 0) is 37.5 Å². The van der Waals surface area contributed by atoms with E-state index >= 15 is 0 Å². The van der Waals surface area contributed by atoms with Gasteiger partial charge < -0.3 is 0 Å². The van der Waals surface area contributed by atoms with Crippen LogP contribution in [0, 0.1) is 11.8 Å². The maximum Gasteiger partial charge on any atom is -0.0170 e. The Morgan fingerprint density at radius 1 is 1.25 bits per heavy atom. The van der Waals surface area contributed by atoms with Gasteiger partial charge in [0, 0.05) is 0 Å². The number of rotatable bonds is 4. The molecule has 0 heterocycles. The maximum atomic E-state index is 3.81. The third kappa shape index (κ3) is 2.51. The average molecular weight is 163 g/mol. The lowest BCUT2D eigenvalue weighted by molar-refractivity contribution is 0.388. The van der Waals surface area contributed by atoms with E-state index in [1.165, 1.54) is 32.1 Å². The third-order valence-electron chi connectivity index (χ3n) is 2.74. The molecule has 0 amide bonds. The summed E-state index contributed by atoms with van der Waals surface area (Å²) in [5.41, 5.74) is 0. The van der Waals surface area contributed by atoms with Crippen molar-refractivity contribution in [3.8, 4) is 0 Å². The lowest BCUT2D eigenvalue weighted by Gasteiger charge is -2.29. The Hall–Kier alpha value is -0.520. The van der Waals surface area contributed by atoms with Crippen LogP contribution in [0.2, 0.25) is 0 Å². The normalized spacial score (nSPS) is 25.2. The van der Waals surface area contributed by atoms with Crippen LogP contribution in [0.5, 0.6) is 0 Å². The lowest BCUT2D eigenvalue weighted by atomic mass is 9.76. The van der Waals surface area contributed by atoms with Crippen LogP contribution in [0.4, 0.5) is 0 Å². The number of hydrogen-bond donors (Lipinski definition) is 0. The molecule has 0 bridgehead atoms. The van der Waals surface area contributed by atoms with Crippen molar-refractivity contribution in [3.05, 3.63) is 31.2 Å². The molecule has 1 saturated carbocycles. The van der Waals surface area contributed by atoms with Crippen LogP contribution >= 0.6 is 0 Å². The summed E-state index contributed by atoms with van der Waals surface area (Å²) in [5.74, 6) is 2.52. The molecule has 0 nitrogen and oxygen atoms in total. The Morgan fingerprint density at radius 2 is 2.08 bits per heavy atom. The molecule has 1 atom stereocenters. The molecule has 1 aliphatic rings. The average Bonchev–Trinajstić information content (AvgIpc) is 2.09. The molecule has 0 aromatic rings. The van der Waals surface area contributed by atoms with Gasteiger partial charge in [0.25, 0.3) is 0 Å². The molecule has 1 unspecified atom stereocenters. The van der Waals surface area contributed by atoms with Gasteiger partial charge in [0.2, 0.25) is 0 Å². The van der Waals surface area contributed by atoms with E-state index in [-0.39, 0.29) is 0 Å². The fraction of sp³-hybridized carbons (Fsp3) is 0.583. The summed E-state index contributed by atoms with van der Waals surface area (Å²) < 4.78 is 0. The number of hydrogen-bond acceptors (Lipinski definition) is 0. The van der Waals surface area contributed by atoms with Gasteiger partial charge in [-0.1, -0.05) is 25.0 Å². The fourth-order valence-electron chi connectivity index (χ4n) is 2.09. The standard InChI is InChI=1S/C12H19/c1-3-7-11-9-5-6-10-12(11)8-4-2/h3-4,11H,1-2,5-10H2. The molecule has 0 saturated heterocycles. The zero-order valence-electron chi connectivity index (χ0n) is 7.89. The Labute approximate surface area is 76.4 Å². The molecule has 0 heteroatoms. The second-order valence-electron chi connectivity index (χ2n) is 3.62. The zero-order valence-corrected chi connectivity index (χ0v) is 7.89. The van der Waals surface area contributed by atoms with Gasteiger partial charge in [-0.3, -0.25) is 0 Å². The molecule has 0 aromatic carbocycles. The first kappa shape index (κ1) is 9.57. The van der Waals surface area contributed by atoms with Crippen molar-refractivity contribution in [2.45, 2.75) is 38.5 Å². The van der Waals surface area contributed by atoms with Crippen molar-refractivity contribution in [1.82, 2.24) is 0 Å². The predicted octanol–water partition coefficient (Wildman–Crippen LogP) is 3.90. The summed E-state index contributed by atoms with van der Waals surface area (Å²) >= 11 is 0. The molecule has 0 aromatic heterocycles. The second-order valence-corrected chi connectivity index (χ2v) is 3.62. The van der Waals surface area contributed by atoms with Crippen molar-refractivity contribution in [3.63, 3.8) is 0 Å². The first-order valence-electron chi connectivity index (χ1n) is 4.95. The summed E-state index contributed by atoms with van der Waals surface area (Å²) in [6.45, 7) is 7.61. The predicted molar refractivity (Wildman–Crippen MR) is 54.8 cm³/mol. The van der Waals surface area contributed by atoms with Crippen LogP contribution in [-0.2, 0) is 0 Å². The van der Waals surface area contributed by atoms with E-state index in [9.17, 15) is 0 Å². The number of allylic oxidation sites excluding steroid dienone is 2. The molecule has 67 valence electrons. The molecule has 0 N–H and O–H groups in total. The van der Waals surface area contributed by atoms with E-state index in [1.54, 1.807) is 5.92 Å². The van der Waals surface area contributed by atoms with Crippen LogP contribution in [0.3, 0.4) is 0 Å². The van der Waals surface area contributed by atoms with E-state index < -0.39 is 0 Å². The van der Waals surface area contributed by atoms with Crippen LogP contribution in [0.1, 0.15) is 38.5 Å². The molecule has 0 spiro atoms. The Morgan fingerprint density at radius 3 is 2.75 bits per heavy atom. The zero-order chi connectivity index (χ0) is 8.81. The van der Waals surface area contributed by atoms with E-state index in [1.807, 2.05) is 6.08 Å². The van der Waals surface area contributed by atoms with Gasteiger partial charge in [-0.2, -0.15) is 0 Å². The lowest BCUT2D eigenvalue weighted by Crippen LogP contribution is -2.16. The summed E-state index contributed by atoms with van der Waals surface area (Å²) in [6.07, 6.45) is 11.9. The minimum atomic E-state index is 0.814. The highest BCUT2D eigenvalue weighted by atomic mass is 14.3. The van der Waals surface area contributed by atoms with Gasteiger partial charge in [-0.25, -0.2) is 0 Å². The first-order valence-corrected chi connectivity index (χ1v) is 4.95. The Balaban J connectivity index is 2.41. The molecule has 1 rings (SSSR count). The summed E-state index contributed by atoms with van der Waals surface area (Å²) in [4.78, 5) is 0. The van der Waals surface area contributed by atoms with Crippen molar-refractivity contribution in [2.24, 2.45) is 5.92 Å². The SMILES string of the molecule is C=CC[C]1CCCCC1CC=C. The molecule has 0 aliphatic heterocycles. The quantitative estimate of drug-likeness (QED) is 0.551. The minimum Gasteiger partial charge on any atom is -0.103 e. The van der Waals surface area contributed by atoms with Gasteiger partial charge >= 0.3 is 0 Å². The van der Waals surface area contributed by atoms with E-state index in [4.69, 9.17) is 0 Å². The Kier molecular flexibility index (Phi) is 4.13. The summed E-state index contributed by atoms with van der Waals surface area (Å²) in [5, 5.41) is 0. The largest absolute Gasteiger partial charge is 0.103 e. The van der Waals surface area contributed by atoms with Crippen molar-refractivity contribution in [1.29, 1.82) is 0 Å². The summed E-state index contributed by atoms with van der Waals surface area (Å²) in [6, 6.07) is 0. The highest BCUT2D eigenvalue weighted by molar-refractivity contribution is 5.04. The van der Waals surface area contributed by atoms with Gasteiger partial charge in [-0.15, -0.1) is 13.2 Å². The fourth-order valence-corrected chi connectivity index (χ4v) is 2.09. The van der Waals surface area contributed by atoms with Gasteiger partial charge in [0.15, 0.2) is 0 Å². The topological polar surface area (TPSA) is 0 Å². The Bertz CT molecular complexity index is 128. The van der Waals surface area contributed by atoms with E-state index in [0.717, 1.165) is 12.3 Å². The second kappa shape index (κ2) is 5.18. The molecular weight excluding hydrogens is 144 g/mol. The van der Waals surface area contributed by atoms with Crippen LogP contribution < -0.4 is 0 Å². The molecular formula is C12H19.